The lowest BCUT2D eigenvalue weighted by molar-refractivity contribution is -0.0477. The van der Waals surface area contributed by atoms with Gasteiger partial charge in [-0.05, 0) is 17.7 Å². The van der Waals surface area contributed by atoms with Gasteiger partial charge in [0.1, 0.15) is 12.4 Å². The van der Waals surface area contributed by atoms with Gasteiger partial charge in [0, 0.05) is 11.0 Å². The molecule has 1 rings (SSSR count). The summed E-state index contributed by atoms with van der Waals surface area (Å²) < 4.78 is 38.5. The zero-order chi connectivity index (χ0) is 12.2. The van der Waals surface area contributed by atoms with Crippen LogP contribution in [-0.4, -0.2) is 24.2 Å². The van der Waals surface area contributed by atoms with Gasteiger partial charge in [-0.2, -0.15) is 0 Å². The third kappa shape index (κ3) is 4.11. The van der Waals surface area contributed by atoms with Crippen LogP contribution in [0.15, 0.2) is 22.7 Å². The Morgan fingerprint density at radius 2 is 2.06 bits per heavy atom. The minimum atomic E-state index is -3.13. The number of benzene rings is 1. The Bertz CT molecular complexity index is 360. The Morgan fingerprint density at radius 1 is 1.38 bits per heavy atom. The lowest BCUT2D eigenvalue weighted by atomic mass is 10.2. The van der Waals surface area contributed by atoms with Crippen molar-refractivity contribution in [1.82, 2.24) is 5.32 Å². The van der Waals surface area contributed by atoms with Crippen LogP contribution in [0, 0.1) is 5.82 Å². The molecule has 0 spiro atoms. The summed E-state index contributed by atoms with van der Waals surface area (Å²) in [6.07, 6.45) is 0. The maximum Gasteiger partial charge on any atom is 0.282 e. The highest BCUT2D eigenvalue weighted by molar-refractivity contribution is 9.10. The van der Waals surface area contributed by atoms with Crippen LogP contribution in [0.1, 0.15) is 5.56 Å². The standard InChI is InChI=1S/C10H11BrF3NO/c11-9-3-8(12)2-1-7(9)4-15-5-10(13,14)6-16/h1-3,15-16H,4-6H2. The van der Waals surface area contributed by atoms with Crippen molar-refractivity contribution in [3.8, 4) is 0 Å². The van der Waals surface area contributed by atoms with E-state index >= 15 is 0 Å². The molecule has 0 aliphatic carbocycles. The molecule has 0 amide bonds. The van der Waals surface area contributed by atoms with E-state index in [9.17, 15) is 13.2 Å². The van der Waals surface area contributed by atoms with Crippen LogP contribution < -0.4 is 5.32 Å². The molecule has 6 heteroatoms. The van der Waals surface area contributed by atoms with Gasteiger partial charge in [0.15, 0.2) is 0 Å². The normalized spacial score (nSPS) is 11.8. The zero-order valence-corrected chi connectivity index (χ0v) is 9.90. The first kappa shape index (κ1) is 13.5. The second-order valence-corrected chi connectivity index (χ2v) is 4.21. The maximum absolute atomic E-state index is 12.7. The number of alkyl halides is 2. The first-order chi connectivity index (χ1) is 7.44. The largest absolute Gasteiger partial charge is 0.390 e. The summed E-state index contributed by atoms with van der Waals surface area (Å²) in [4.78, 5) is 0. The Kier molecular flexibility index (Phi) is 4.76. The molecule has 90 valence electrons. The molecule has 0 aliphatic rings. The van der Waals surface area contributed by atoms with Gasteiger partial charge < -0.3 is 10.4 Å². The second-order valence-electron chi connectivity index (χ2n) is 3.35. The number of halogens is 4. The van der Waals surface area contributed by atoms with Gasteiger partial charge in [0.05, 0.1) is 6.54 Å². The van der Waals surface area contributed by atoms with Crippen molar-refractivity contribution in [3.63, 3.8) is 0 Å². The van der Waals surface area contributed by atoms with Crippen molar-refractivity contribution in [1.29, 1.82) is 0 Å². The molecule has 0 aromatic heterocycles. The van der Waals surface area contributed by atoms with E-state index in [4.69, 9.17) is 5.11 Å². The fourth-order valence-corrected chi connectivity index (χ4v) is 1.59. The van der Waals surface area contributed by atoms with Gasteiger partial charge in [0.2, 0.25) is 0 Å². The maximum atomic E-state index is 12.7. The van der Waals surface area contributed by atoms with E-state index in [-0.39, 0.29) is 6.54 Å². The third-order valence-electron chi connectivity index (χ3n) is 1.95. The highest BCUT2D eigenvalue weighted by Gasteiger charge is 2.26. The molecule has 1 aromatic carbocycles. The molecular formula is C10H11BrF3NO. The fraction of sp³-hybridized carbons (Fsp3) is 0.400. The highest BCUT2D eigenvalue weighted by Crippen LogP contribution is 2.18. The van der Waals surface area contributed by atoms with Crippen molar-refractivity contribution in [2.45, 2.75) is 12.5 Å². The van der Waals surface area contributed by atoms with E-state index in [0.717, 1.165) is 0 Å². The first-order valence-electron chi connectivity index (χ1n) is 4.58. The smallest absolute Gasteiger partial charge is 0.282 e. The molecule has 0 atom stereocenters. The van der Waals surface area contributed by atoms with Gasteiger partial charge in [-0.15, -0.1) is 0 Å². The molecule has 0 fully saturated rings. The number of hydrogen-bond acceptors (Lipinski definition) is 2. The van der Waals surface area contributed by atoms with Gasteiger partial charge in [0.25, 0.3) is 5.92 Å². The first-order valence-corrected chi connectivity index (χ1v) is 5.37. The van der Waals surface area contributed by atoms with Crippen molar-refractivity contribution in [2.24, 2.45) is 0 Å². The van der Waals surface area contributed by atoms with Crippen molar-refractivity contribution < 1.29 is 18.3 Å². The summed E-state index contributed by atoms with van der Waals surface area (Å²) in [5, 5.41) is 10.8. The summed E-state index contributed by atoms with van der Waals surface area (Å²) in [5.41, 5.74) is 0.676. The lowest BCUT2D eigenvalue weighted by Crippen LogP contribution is -2.35. The molecule has 0 bridgehead atoms. The van der Waals surface area contributed by atoms with Crippen molar-refractivity contribution in [3.05, 3.63) is 34.1 Å². The second kappa shape index (κ2) is 5.65. The Balaban J connectivity index is 2.49. The zero-order valence-electron chi connectivity index (χ0n) is 8.31. The third-order valence-corrected chi connectivity index (χ3v) is 2.68. The SMILES string of the molecule is OCC(F)(F)CNCc1ccc(F)cc1Br. The van der Waals surface area contributed by atoms with Crippen LogP contribution in [0.3, 0.4) is 0 Å². The van der Waals surface area contributed by atoms with Gasteiger partial charge >= 0.3 is 0 Å². The highest BCUT2D eigenvalue weighted by atomic mass is 79.9. The predicted molar refractivity (Wildman–Crippen MR) is 57.8 cm³/mol. The Morgan fingerprint density at radius 3 is 2.62 bits per heavy atom. The van der Waals surface area contributed by atoms with Crippen molar-refractivity contribution in [2.75, 3.05) is 13.2 Å². The van der Waals surface area contributed by atoms with Crippen LogP contribution in [0.4, 0.5) is 13.2 Å². The van der Waals surface area contributed by atoms with E-state index < -0.39 is 24.9 Å². The Hall–Kier alpha value is -0.590. The number of nitrogens with one attached hydrogen (secondary N) is 1. The van der Waals surface area contributed by atoms with Crippen LogP contribution in [0.5, 0.6) is 0 Å². The molecule has 16 heavy (non-hydrogen) atoms. The molecule has 0 radical (unpaired) electrons. The van der Waals surface area contributed by atoms with E-state index in [1.54, 1.807) is 0 Å². The topological polar surface area (TPSA) is 32.3 Å². The van der Waals surface area contributed by atoms with Gasteiger partial charge in [-0.3, -0.25) is 0 Å². The van der Waals surface area contributed by atoms with Crippen LogP contribution in [0.2, 0.25) is 0 Å². The molecule has 2 N–H and O–H groups in total. The minimum absolute atomic E-state index is 0.177. The van der Waals surface area contributed by atoms with E-state index in [1.165, 1.54) is 18.2 Å². The molecule has 0 heterocycles. The summed E-state index contributed by atoms with van der Waals surface area (Å²) in [6, 6.07) is 4.02. The predicted octanol–water partition coefficient (Wildman–Crippen LogP) is 2.31. The number of aliphatic hydroxyl groups excluding tert-OH is 1. The van der Waals surface area contributed by atoms with Gasteiger partial charge in [-0.1, -0.05) is 22.0 Å². The summed E-state index contributed by atoms with van der Waals surface area (Å²) in [7, 11) is 0. The van der Waals surface area contributed by atoms with Crippen LogP contribution in [-0.2, 0) is 6.54 Å². The lowest BCUT2D eigenvalue weighted by Gasteiger charge is -2.14. The van der Waals surface area contributed by atoms with Crippen molar-refractivity contribution >= 4 is 15.9 Å². The molecule has 0 unspecified atom stereocenters. The summed E-state index contributed by atoms with van der Waals surface area (Å²) in [5.74, 6) is -3.52. The summed E-state index contributed by atoms with van der Waals surface area (Å²) >= 11 is 3.13. The molecule has 1 aromatic rings. The molecule has 0 saturated heterocycles. The van der Waals surface area contributed by atoms with Gasteiger partial charge in [-0.25, -0.2) is 13.2 Å². The van der Waals surface area contributed by atoms with E-state index in [1.807, 2.05) is 0 Å². The monoisotopic (exact) mass is 297 g/mol. The quantitative estimate of drug-likeness (QED) is 0.874. The number of hydrogen-bond donors (Lipinski definition) is 2. The number of aliphatic hydroxyl groups is 1. The van der Waals surface area contributed by atoms with E-state index in [2.05, 4.69) is 21.2 Å². The molecule has 0 aliphatic heterocycles. The van der Waals surface area contributed by atoms with Crippen LogP contribution >= 0.6 is 15.9 Å². The number of rotatable bonds is 5. The molecule has 2 nitrogen and oxygen atoms in total. The minimum Gasteiger partial charge on any atom is -0.390 e. The van der Waals surface area contributed by atoms with E-state index in [0.29, 0.717) is 10.0 Å². The van der Waals surface area contributed by atoms with Crippen LogP contribution in [0.25, 0.3) is 0 Å². The molecule has 0 saturated carbocycles. The fourth-order valence-electron chi connectivity index (χ4n) is 1.10. The summed E-state index contributed by atoms with van der Waals surface area (Å²) in [6.45, 7) is -1.63. The average molecular weight is 298 g/mol. The average Bonchev–Trinajstić information content (AvgIpc) is 2.21. The Labute approximate surface area is 99.6 Å². The molecular weight excluding hydrogens is 287 g/mol.